The van der Waals surface area contributed by atoms with E-state index in [4.69, 9.17) is 28.7 Å². The number of likely N-dealkylation sites (tertiary alicyclic amines) is 1. The molecule has 78 heavy (non-hydrogen) atoms. The highest BCUT2D eigenvalue weighted by atomic mass is 32.1. The highest BCUT2D eigenvalue weighted by Gasteiger charge is 2.40. The summed E-state index contributed by atoms with van der Waals surface area (Å²) >= 11 is 8.51. The van der Waals surface area contributed by atoms with Gasteiger partial charge < -0.3 is 75.9 Å². The predicted octanol–water partition coefficient (Wildman–Crippen LogP) is -3.57. The van der Waals surface area contributed by atoms with Gasteiger partial charge in [-0.3, -0.25) is 52.9 Å². The van der Waals surface area contributed by atoms with E-state index in [0.717, 1.165) is 0 Å². The molecule has 1 fully saturated rings. The summed E-state index contributed by atoms with van der Waals surface area (Å²) in [6.07, 6.45) is -0.0141. The highest BCUT2D eigenvalue weighted by molar-refractivity contribution is 7.80. The molecule has 27 heteroatoms. The molecule has 1 saturated heterocycles. The molecule has 0 unspecified atom stereocenters. The lowest BCUT2D eigenvalue weighted by Gasteiger charge is -2.30. The van der Waals surface area contributed by atoms with Crippen LogP contribution in [0, 0.1) is 0 Å². The molecular formula is C51H70N14O11S2. The first-order valence-electron chi connectivity index (χ1n) is 25.0. The molecule has 1 aliphatic rings. The highest BCUT2D eigenvalue weighted by Crippen LogP contribution is 2.20. The van der Waals surface area contributed by atoms with E-state index < -0.39 is 114 Å². The van der Waals surface area contributed by atoms with Gasteiger partial charge >= 0.3 is 0 Å². The molecule has 0 saturated carbocycles. The van der Waals surface area contributed by atoms with Crippen molar-refractivity contribution in [3.05, 3.63) is 102 Å². The topological polar surface area (TPSA) is 421 Å². The summed E-state index contributed by atoms with van der Waals surface area (Å²) in [5.74, 6) is -8.48. The fourth-order valence-corrected chi connectivity index (χ4v) is 8.73. The quantitative estimate of drug-likeness (QED) is 0.0128. The number of aromatic hydroxyl groups is 1. The van der Waals surface area contributed by atoms with Crippen molar-refractivity contribution in [1.82, 2.24) is 42.1 Å². The lowest BCUT2D eigenvalue weighted by molar-refractivity contribution is -0.142. The van der Waals surface area contributed by atoms with Gasteiger partial charge in [0, 0.05) is 43.9 Å². The van der Waals surface area contributed by atoms with Crippen LogP contribution in [0.5, 0.6) is 5.75 Å². The van der Waals surface area contributed by atoms with Crippen LogP contribution in [-0.4, -0.2) is 155 Å². The van der Waals surface area contributed by atoms with Gasteiger partial charge in [0.1, 0.15) is 48.0 Å². The van der Waals surface area contributed by atoms with Crippen molar-refractivity contribution in [2.24, 2.45) is 33.7 Å². The number of nitrogens with one attached hydrogen (secondary N) is 7. The van der Waals surface area contributed by atoms with E-state index in [1.807, 2.05) is 0 Å². The molecule has 0 bridgehead atoms. The summed E-state index contributed by atoms with van der Waals surface area (Å²) in [5, 5.41) is 27.5. The Bertz CT molecular complexity index is 2580. The van der Waals surface area contributed by atoms with Crippen molar-refractivity contribution < 1.29 is 53.1 Å². The van der Waals surface area contributed by atoms with Crippen molar-refractivity contribution in [3.63, 3.8) is 0 Å². The zero-order chi connectivity index (χ0) is 57.3. The molecule has 0 aliphatic carbocycles. The average Bonchev–Trinajstić information content (AvgIpc) is 3.91. The molecule has 0 radical (unpaired) electrons. The Labute approximate surface area is 462 Å². The van der Waals surface area contributed by atoms with Crippen LogP contribution in [0.3, 0.4) is 0 Å². The van der Waals surface area contributed by atoms with Crippen LogP contribution >= 0.6 is 25.3 Å². The molecule has 0 aromatic heterocycles. The van der Waals surface area contributed by atoms with E-state index in [0.29, 0.717) is 23.1 Å². The second-order valence-electron chi connectivity index (χ2n) is 18.4. The summed E-state index contributed by atoms with van der Waals surface area (Å²) in [6.45, 7) is -0.510. The Morgan fingerprint density at radius 3 is 1.69 bits per heavy atom. The third-order valence-corrected chi connectivity index (χ3v) is 13.1. The molecule has 8 atom stereocenters. The monoisotopic (exact) mass is 1120 g/mol. The van der Waals surface area contributed by atoms with Gasteiger partial charge in [0.15, 0.2) is 5.96 Å². The third kappa shape index (κ3) is 20.9. The van der Waals surface area contributed by atoms with Crippen molar-refractivity contribution in [1.29, 1.82) is 0 Å². The van der Waals surface area contributed by atoms with Gasteiger partial charge in [0.2, 0.25) is 59.1 Å². The number of hydrogen-bond donors (Lipinski definition) is 15. The average molecular weight is 1120 g/mol. The minimum atomic E-state index is -1.47. The SMILES string of the molecule is NC(=O)CC[C@H](NC(=O)[C@@H]1CCCN1C(=O)[C@H](CS)NC(=O)[C@H](Cc1ccccc1)NC(=O)CNC(=O)[C@@H](CS)NC(=O)[C@@H](N)Cc1ccc(O)cc1)C(=O)N[C@@H](CCCN=C(N)N)C(=O)N[C@@H](Cc1ccccc1)C(N)=O. The number of amides is 10. The molecule has 4 rings (SSSR count). The number of primary amides is 2. The molecule has 422 valence electrons. The van der Waals surface area contributed by atoms with Gasteiger partial charge in [-0.2, -0.15) is 25.3 Å². The summed E-state index contributed by atoms with van der Waals surface area (Å²) in [7, 11) is 0. The van der Waals surface area contributed by atoms with E-state index in [1.54, 1.807) is 72.8 Å². The zero-order valence-electron chi connectivity index (χ0n) is 42.8. The smallest absolute Gasteiger partial charge is 0.246 e. The minimum Gasteiger partial charge on any atom is -0.508 e. The van der Waals surface area contributed by atoms with Crippen molar-refractivity contribution in [2.75, 3.05) is 31.1 Å². The minimum absolute atomic E-state index is 0.0377. The zero-order valence-corrected chi connectivity index (χ0v) is 44.6. The molecule has 3 aromatic rings. The van der Waals surface area contributed by atoms with E-state index >= 15 is 0 Å². The number of nitrogens with zero attached hydrogens (tertiary/aromatic N) is 2. The second-order valence-corrected chi connectivity index (χ2v) is 19.1. The first kappa shape index (κ1) is 62.6. The van der Waals surface area contributed by atoms with Crippen molar-refractivity contribution in [3.8, 4) is 5.75 Å². The summed E-state index contributed by atoms with van der Waals surface area (Å²) in [6, 6.07) is 13.4. The van der Waals surface area contributed by atoms with E-state index in [-0.39, 0.29) is 87.7 Å². The Balaban J connectivity index is 1.44. The number of carbonyl (C=O) groups excluding carboxylic acids is 10. The van der Waals surface area contributed by atoms with Gasteiger partial charge in [-0.1, -0.05) is 72.8 Å². The van der Waals surface area contributed by atoms with Gasteiger partial charge in [-0.25, -0.2) is 0 Å². The van der Waals surface area contributed by atoms with E-state index in [9.17, 15) is 53.1 Å². The summed E-state index contributed by atoms with van der Waals surface area (Å²) in [4.78, 5) is 139. The van der Waals surface area contributed by atoms with Crippen LogP contribution in [0.25, 0.3) is 0 Å². The first-order valence-corrected chi connectivity index (χ1v) is 26.3. The number of rotatable bonds is 31. The Kier molecular flexibility index (Phi) is 25.7. The molecule has 25 nitrogen and oxygen atoms in total. The van der Waals surface area contributed by atoms with E-state index in [2.05, 4.69) is 67.5 Å². The standard InChI is InChI=1S/C51H70N14O11S2/c52-33(23-31-15-17-32(66)18-16-31)44(70)63-38(27-77)45(71)58-26-42(68)59-37(25-30-11-5-2-6-12-30)48(74)64-39(28-78)50(76)65-22-8-14-40(65)49(75)61-35(19-20-41(53)67)47(73)60-34(13-7-21-57-51(55)56)46(72)62-36(43(54)69)24-29-9-3-1-4-10-29/h1-6,9-12,15-18,33-40,66,77-78H,7-8,13-14,19-28,52H2,(H2,53,67)(H2,54,69)(H,58,71)(H,59,68)(H,60,73)(H,61,75)(H,62,72)(H,63,70)(H,64,74)(H4,55,56,57)/t33-,34-,35-,36-,37-,38+,39-,40-/m0/s1. The number of phenolic OH excluding ortho intramolecular Hbond substituents is 1. The van der Waals surface area contributed by atoms with Crippen LogP contribution in [-0.2, 0) is 67.2 Å². The Hall–Kier alpha value is -7.91. The van der Waals surface area contributed by atoms with Crippen LogP contribution in [0.4, 0.5) is 0 Å². The number of benzene rings is 3. The fourth-order valence-electron chi connectivity index (χ4n) is 8.22. The molecule has 18 N–H and O–H groups in total. The van der Waals surface area contributed by atoms with Crippen LogP contribution in [0.15, 0.2) is 89.9 Å². The number of aliphatic imine (C=N–C) groups is 1. The molecule has 1 heterocycles. The van der Waals surface area contributed by atoms with Gasteiger partial charge in [0.25, 0.3) is 0 Å². The molecule has 1 aliphatic heterocycles. The maximum absolute atomic E-state index is 14.2. The van der Waals surface area contributed by atoms with Gasteiger partial charge in [-0.05, 0) is 67.3 Å². The first-order chi connectivity index (χ1) is 37.2. The molecule has 10 amide bonds. The lowest BCUT2D eigenvalue weighted by atomic mass is 10.0. The fraction of sp³-hybridized carbons (Fsp3) is 0.431. The van der Waals surface area contributed by atoms with Crippen LogP contribution in [0.2, 0.25) is 0 Å². The summed E-state index contributed by atoms with van der Waals surface area (Å²) < 4.78 is 0. The Morgan fingerprint density at radius 2 is 1.13 bits per heavy atom. The molecular weight excluding hydrogens is 1050 g/mol. The van der Waals surface area contributed by atoms with Crippen molar-refractivity contribution in [2.45, 2.75) is 106 Å². The van der Waals surface area contributed by atoms with E-state index in [1.165, 1.54) is 17.0 Å². The maximum atomic E-state index is 14.2. The van der Waals surface area contributed by atoms with Gasteiger partial charge in [-0.15, -0.1) is 0 Å². The number of carbonyl (C=O) groups is 10. The van der Waals surface area contributed by atoms with Gasteiger partial charge in [0.05, 0.1) is 12.6 Å². The number of nitrogens with two attached hydrogens (primary N) is 5. The molecule has 0 spiro atoms. The van der Waals surface area contributed by atoms with Crippen molar-refractivity contribution >= 4 is 90.3 Å². The van der Waals surface area contributed by atoms with Crippen LogP contribution in [0.1, 0.15) is 55.2 Å². The normalized spacial score (nSPS) is 15.5. The summed E-state index contributed by atoms with van der Waals surface area (Å²) in [5.41, 5.74) is 30.1. The number of guanidine groups is 1. The third-order valence-electron chi connectivity index (χ3n) is 12.4. The van der Waals surface area contributed by atoms with Crippen LogP contribution < -0.4 is 65.9 Å². The second kappa shape index (κ2) is 32.0. The molecule has 3 aromatic carbocycles. The maximum Gasteiger partial charge on any atom is 0.246 e. The largest absolute Gasteiger partial charge is 0.508 e. The predicted molar refractivity (Wildman–Crippen MR) is 295 cm³/mol. The number of hydrogen-bond acceptors (Lipinski definition) is 15. The Morgan fingerprint density at radius 1 is 0.603 bits per heavy atom. The number of phenols is 1. The number of thiol groups is 2. The lowest BCUT2D eigenvalue weighted by Crippen LogP contribution is -2.60.